The van der Waals surface area contributed by atoms with Gasteiger partial charge in [0.25, 0.3) is 11.8 Å². The molecule has 4 rings (SSSR count). The summed E-state index contributed by atoms with van der Waals surface area (Å²) in [5.74, 6) is -0.961. The van der Waals surface area contributed by atoms with E-state index in [-0.39, 0.29) is 17.4 Å². The van der Waals surface area contributed by atoms with Gasteiger partial charge in [0.15, 0.2) is 0 Å². The van der Waals surface area contributed by atoms with Crippen LogP contribution in [0.25, 0.3) is 16.0 Å². The fraction of sp³-hybridized carbons (Fsp3) is 0.167. The molecule has 0 saturated carbocycles. The monoisotopic (exact) mass is 497 g/mol. The minimum atomic E-state index is -0.537. The summed E-state index contributed by atoms with van der Waals surface area (Å²) in [4.78, 5) is 42.4. The van der Waals surface area contributed by atoms with E-state index in [1.165, 1.54) is 4.90 Å². The maximum absolute atomic E-state index is 13.7. The third-order valence-corrected chi connectivity index (χ3v) is 7.09. The second kappa shape index (κ2) is 9.91. The summed E-state index contributed by atoms with van der Waals surface area (Å²) in [5.41, 5.74) is 5.14. The Morgan fingerprint density at radius 1 is 0.889 bits per heavy atom. The van der Waals surface area contributed by atoms with Crippen LogP contribution in [0.5, 0.6) is 5.75 Å². The van der Waals surface area contributed by atoms with Crippen LogP contribution in [0.1, 0.15) is 38.1 Å². The summed E-state index contributed by atoms with van der Waals surface area (Å²) in [6.45, 7) is 12.7. The predicted molar refractivity (Wildman–Crippen MR) is 145 cm³/mol. The van der Waals surface area contributed by atoms with Gasteiger partial charge in [0.2, 0.25) is 0 Å². The summed E-state index contributed by atoms with van der Waals surface area (Å²) in [6.07, 6.45) is 0. The zero-order valence-corrected chi connectivity index (χ0v) is 21.8. The van der Waals surface area contributed by atoms with Gasteiger partial charge in [-0.25, -0.2) is 9.69 Å². The van der Waals surface area contributed by atoms with Crippen molar-refractivity contribution in [3.63, 3.8) is 0 Å². The number of nitrogens with zero attached hydrogens (tertiary/aromatic N) is 1. The van der Waals surface area contributed by atoms with E-state index in [9.17, 15) is 14.4 Å². The van der Waals surface area contributed by atoms with Crippen LogP contribution < -0.4 is 9.64 Å². The number of thiophene rings is 1. The zero-order valence-electron chi connectivity index (χ0n) is 21.0. The Kier molecular flexibility index (Phi) is 6.91. The van der Waals surface area contributed by atoms with E-state index in [0.29, 0.717) is 22.6 Å². The van der Waals surface area contributed by atoms with Crippen LogP contribution in [0.4, 0.5) is 5.69 Å². The van der Waals surface area contributed by atoms with Crippen molar-refractivity contribution in [2.45, 2.75) is 34.6 Å². The number of carbonyl (C=O) groups excluding carboxylic acids is 3. The van der Waals surface area contributed by atoms with E-state index >= 15 is 0 Å². The number of aryl methyl sites for hydroxylation is 1. The van der Waals surface area contributed by atoms with Crippen LogP contribution in [0.15, 0.2) is 89.5 Å². The number of imide groups is 1. The normalized spacial score (nSPS) is 14.8. The maximum atomic E-state index is 13.7. The van der Waals surface area contributed by atoms with Crippen molar-refractivity contribution >= 4 is 40.4 Å². The zero-order chi connectivity index (χ0) is 26.1. The molecule has 2 aromatic carbocycles. The molecule has 0 spiro atoms. The molecule has 6 heteroatoms. The average Bonchev–Trinajstić information content (AvgIpc) is 3.36. The van der Waals surface area contributed by atoms with Crippen LogP contribution in [-0.2, 0) is 14.4 Å². The van der Waals surface area contributed by atoms with Crippen molar-refractivity contribution in [2.75, 3.05) is 4.90 Å². The molecule has 1 aliphatic heterocycles. The van der Waals surface area contributed by atoms with Gasteiger partial charge >= 0.3 is 5.97 Å². The number of allylic oxidation sites excluding steroid dienone is 2. The molecule has 0 bridgehead atoms. The number of benzene rings is 2. The van der Waals surface area contributed by atoms with Crippen molar-refractivity contribution < 1.29 is 19.1 Å². The van der Waals surface area contributed by atoms with Gasteiger partial charge < -0.3 is 4.74 Å². The number of esters is 1. The van der Waals surface area contributed by atoms with E-state index in [2.05, 4.69) is 24.8 Å². The third kappa shape index (κ3) is 4.60. The molecule has 3 aromatic rings. The first-order valence-corrected chi connectivity index (χ1v) is 12.3. The lowest BCUT2D eigenvalue weighted by molar-refractivity contribution is -0.130. The minimum Gasteiger partial charge on any atom is -0.423 e. The Balaban J connectivity index is 1.75. The lowest BCUT2D eigenvalue weighted by atomic mass is 9.95. The summed E-state index contributed by atoms with van der Waals surface area (Å²) < 4.78 is 5.23. The number of hydrogen-bond acceptors (Lipinski definition) is 5. The van der Waals surface area contributed by atoms with Gasteiger partial charge in [0.1, 0.15) is 5.75 Å². The molecule has 1 fully saturated rings. The summed E-state index contributed by atoms with van der Waals surface area (Å²) in [6, 6.07) is 18.5. The van der Waals surface area contributed by atoms with Crippen molar-refractivity contribution in [2.24, 2.45) is 0 Å². The number of anilines is 1. The van der Waals surface area contributed by atoms with Crippen LogP contribution >= 0.6 is 11.3 Å². The van der Waals surface area contributed by atoms with Gasteiger partial charge in [-0.3, -0.25) is 9.59 Å². The molecule has 2 heterocycles. The lowest BCUT2D eigenvalue weighted by Crippen LogP contribution is -2.29. The molecular formula is C30H27NO4S. The van der Waals surface area contributed by atoms with E-state index < -0.39 is 5.97 Å². The van der Waals surface area contributed by atoms with Gasteiger partial charge in [-0.2, -0.15) is 0 Å². The van der Waals surface area contributed by atoms with Crippen molar-refractivity contribution in [1.82, 2.24) is 0 Å². The van der Waals surface area contributed by atoms with Crippen LogP contribution in [-0.4, -0.2) is 17.8 Å². The van der Waals surface area contributed by atoms with Crippen LogP contribution in [0.3, 0.4) is 0 Å². The number of ether oxygens (including phenoxy) is 1. The first-order valence-electron chi connectivity index (χ1n) is 11.5. The third-order valence-electron chi connectivity index (χ3n) is 5.99. The molecule has 2 amide bonds. The minimum absolute atomic E-state index is 0.279. The highest BCUT2D eigenvalue weighted by molar-refractivity contribution is 7.15. The molecule has 0 N–H and O–H groups in total. The number of carbonyl (C=O) groups is 3. The Hall–Kier alpha value is -4.03. The highest BCUT2D eigenvalue weighted by Crippen LogP contribution is 2.41. The molecule has 1 aliphatic rings. The van der Waals surface area contributed by atoms with E-state index in [4.69, 9.17) is 4.74 Å². The molecule has 0 radical (unpaired) electrons. The predicted octanol–water partition coefficient (Wildman–Crippen LogP) is 6.89. The molecule has 182 valence electrons. The van der Waals surface area contributed by atoms with Gasteiger partial charge in [0.05, 0.1) is 16.8 Å². The van der Waals surface area contributed by atoms with Crippen molar-refractivity contribution in [3.05, 3.63) is 100.0 Å². The molecule has 0 unspecified atom stereocenters. The summed E-state index contributed by atoms with van der Waals surface area (Å²) >= 11 is 1.66. The first kappa shape index (κ1) is 25.1. The first-order chi connectivity index (χ1) is 17.1. The summed E-state index contributed by atoms with van der Waals surface area (Å²) in [7, 11) is 0. The molecular weight excluding hydrogens is 470 g/mol. The molecule has 36 heavy (non-hydrogen) atoms. The largest absolute Gasteiger partial charge is 0.423 e. The second-order valence-electron chi connectivity index (χ2n) is 8.93. The number of amides is 2. The Morgan fingerprint density at radius 3 is 2.08 bits per heavy atom. The molecule has 1 aromatic heterocycles. The van der Waals surface area contributed by atoms with Crippen LogP contribution in [0, 0.1) is 6.92 Å². The highest BCUT2D eigenvalue weighted by Gasteiger charge is 2.42. The topological polar surface area (TPSA) is 63.7 Å². The average molecular weight is 498 g/mol. The van der Waals surface area contributed by atoms with Gasteiger partial charge in [-0.1, -0.05) is 42.5 Å². The van der Waals surface area contributed by atoms with Gasteiger partial charge in [-0.15, -0.1) is 11.3 Å². The fourth-order valence-corrected chi connectivity index (χ4v) is 5.25. The molecule has 1 saturated heterocycles. The summed E-state index contributed by atoms with van der Waals surface area (Å²) in [5, 5.41) is 0. The fourth-order valence-electron chi connectivity index (χ4n) is 4.17. The standard InChI is InChI=1S/C30H27NO4S/c1-17(2)26-27(19(5)24-16-25(36-20(24)6)21-10-8-7-9-11-21)29(33)31(28(26)32)22-12-14-23(15-13-22)35-30(34)18(3)4/h7-16H,3H2,1-2,4-6H3. The Labute approximate surface area is 215 Å². The molecule has 0 aliphatic carbocycles. The maximum Gasteiger partial charge on any atom is 0.338 e. The molecule has 5 nitrogen and oxygen atoms in total. The van der Waals surface area contributed by atoms with Gasteiger partial charge in [0, 0.05) is 15.3 Å². The van der Waals surface area contributed by atoms with Crippen molar-refractivity contribution in [3.8, 4) is 16.2 Å². The quantitative estimate of drug-likeness (QED) is 0.167. The number of rotatable bonds is 5. The SMILES string of the molecule is C=C(C)C(=O)Oc1ccc(N2C(=O)C(=C(C)C)C(=C(C)c3cc(-c4ccccc4)sc3C)C2=O)cc1. The van der Waals surface area contributed by atoms with Crippen LogP contribution in [0.2, 0.25) is 0 Å². The smallest absolute Gasteiger partial charge is 0.338 e. The van der Waals surface area contributed by atoms with E-state index in [1.807, 2.05) is 45.9 Å². The highest BCUT2D eigenvalue weighted by atomic mass is 32.1. The lowest BCUT2D eigenvalue weighted by Gasteiger charge is -2.14. The Morgan fingerprint density at radius 2 is 1.50 bits per heavy atom. The van der Waals surface area contributed by atoms with Crippen molar-refractivity contribution in [1.29, 1.82) is 0 Å². The second-order valence-corrected chi connectivity index (χ2v) is 10.2. The molecule has 0 atom stereocenters. The van der Waals surface area contributed by atoms with Gasteiger partial charge in [-0.05, 0) is 81.7 Å². The number of hydrogen-bond donors (Lipinski definition) is 0. The van der Waals surface area contributed by atoms with E-state index in [1.54, 1.807) is 42.5 Å². The van der Waals surface area contributed by atoms with E-state index in [0.717, 1.165) is 32.0 Å². The Bertz CT molecular complexity index is 1450.